The number of hydrogen-bond donors (Lipinski definition) is 1. The molecule has 0 aliphatic carbocycles. The molecule has 0 spiro atoms. The zero-order valence-corrected chi connectivity index (χ0v) is 18.0. The molecule has 2 saturated heterocycles. The molecule has 6 nitrogen and oxygen atoms in total. The van der Waals surface area contributed by atoms with Crippen LogP contribution in [0.4, 0.5) is 5.69 Å². The van der Waals surface area contributed by atoms with E-state index in [1.165, 1.54) is 25.7 Å². The lowest BCUT2D eigenvalue weighted by molar-refractivity contribution is -0.122. The molecule has 1 atom stereocenters. The summed E-state index contributed by atoms with van der Waals surface area (Å²) in [5, 5.41) is 3.12. The number of piperidine rings is 1. The highest BCUT2D eigenvalue weighted by molar-refractivity contribution is 5.94. The normalized spacial score (nSPS) is 20.8. The van der Waals surface area contributed by atoms with Gasteiger partial charge in [-0.3, -0.25) is 14.5 Å². The minimum Gasteiger partial charge on any atom is -0.378 e. The van der Waals surface area contributed by atoms with Gasteiger partial charge in [-0.15, -0.1) is 0 Å². The predicted octanol–water partition coefficient (Wildman–Crippen LogP) is 2.60. The first-order valence-corrected chi connectivity index (χ1v) is 11.1. The van der Waals surface area contributed by atoms with Crippen molar-refractivity contribution in [2.75, 3.05) is 58.3 Å². The Hall–Kier alpha value is -2.08. The standard InChI is InChI=1S/C23H36N4O2/c1-25(2)21-11-9-20(10-12-21)23(29)27-15-7-8-19(17-27)16-24-22(28)18-26-13-5-3-4-6-14-26/h9-12,19H,3-8,13-18H2,1-2H3,(H,24,28). The third-order valence-corrected chi connectivity index (χ3v) is 6.09. The average Bonchev–Trinajstić information content (AvgIpc) is 3.00. The van der Waals surface area contributed by atoms with Crippen LogP contribution in [0.3, 0.4) is 0 Å². The first-order valence-electron chi connectivity index (χ1n) is 11.1. The van der Waals surface area contributed by atoms with Crippen LogP contribution in [0.1, 0.15) is 48.9 Å². The predicted molar refractivity (Wildman–Crippen MR) is 117 cm³/mol. The van der Waals surface area contributed by atoms with Crippen molar-refractivity contribution in [3.63, 3.8) is 0 Å². The van der Waals surface area contributed by atoms with Gasteiger partial charge in [0.05, 0.1) is 6.54 Å². The zero-order valence-electron chi connectivity index (χ0n) is 18.0. The van der Waals surface area contributed by atoms with Crippen molar-refractivity contribution in [1.82, 2.24) is 15.1 Å². The molecule has 0 aromatic heterocycles. The fourth-order valence-electron chi connectivity index (χ4n) is 4.31. The molecule has 2 heterocycles. The van der Waals surface area contributed by atoms with Gasteiger partial charge >= 0.3 is 0 Å². The van der Waals surface area contributed by atoms with E-state index >= 15 is 0 Å². The van der Waals surface area contributed by atoms with Crippen LogP contribution in [0.25, 0.3) is 0 Å². The van der Waals surface area contributed by atoms with Crippen LogP contribution in [-0.4, -0.2) is 75.0 Å². The van der Waals surface area contributed by atoms with Crippen molar-refractivity contribution < 1.29 is 9.59 Å². The molecule has 1 N–H and O–H groups in total. The summed E-state index contributed by atoms with van der Waals surface area (Å²) in [5.74, 6) is 0.548. The summed E-state index contributed by atoms with van der Waals surface area (Å²) >= 11 is 0. The van der Waals surface area contributed by atoms with Crippen LogP contribution >= 0.6 is 0 Å². The van der Waals surface area contributed by atoms with E-state index in [2.05, 4.69) is 10.2 Å². The Balaban J connectivity index is 1.45. The van der Waals surface area contributed by atoms with Crippen LogP contribution in [0.5, 0.6) is 0 Å². The van der Waals surface area contributed by atoms with Gasteiger partial charge in [-0.1, -0.05) is 12.8 Å². The maximum absolute atomic E-state index is 12.9. The third-order valence-electron chi connectivity index (χ3n) is 6.09. The van der Waals surface area contributed by atoms with E-state index in [1.54, 1.807) is 0 Å². The summed E-state index contributed by atoms with van der Waals surface area (Å²) in [6.07, 6.45) is 7.01. The van der Waals surface area contributed by atoms with Crippen molar-refractivity contribution in [2.24, 2.45) is 5.92 Å². The Morgan fingerprint density at radius 3 is 2.34 bits per heavy atom. The quantitative estimate of drug-likeness (QED) is 0.798. The number of benzene rings is 1. The van der Waals surface area contributed by atoms with Crippen molar-refractivity contribution in [3.05, 3.63) is 29.8 Å². The van der Waals surface area contributed by atoms with Crippen LogP contribution in [0.15, 0.2) is 24.3 Å². The maximum Gasteiger partial charge on any atom is 0.253 e. The van der Waals surface area contributed by atoms with Crippen LogP contribution < -0.4 is 10.2 Å². The minimum atomic E-state index is 0.0934. The van der Waals surface area contributed by atoms with Crippen LogP contribution in [-0.2, 0) is 4.79 Å². The number of anilines is 1. The maximum atomic E-state index is 12.9. The van der Waals surface area contributed by atoms with Gasteiger partial charge in [0.15, 0.2) is 0 Å². The van der Waals surface area contributed by atoms with E-state index in [0.29, 0.717) is 19.0 Å². The Labute approximate surface area is 175 Å². The SMILES string of the molecule is CN(C)c1ccc(C(=O)N2CCCC(CNC(=O)CN3CCCCCC3)C2)cc1. The summed E-state index contributed by atoms with van der Waals surface area (Å²) in [7, 11) is 3.99. The summed E-state index contributed by atoms with van der Waals surface area (Å²) in [4.78, 5) is 31.5. The van der Waals surface area contributed by atoms with Gasteiger partial charge < -0.3 is 15.1 Å². The lowest BCUT2D eigenvalue weighted by Gasteiger charge is -2.33. The molecule has 160 valence electrons. The molecule has 1 aromatic carbocycles. The number of carbonyl (C=O) groups excluding carboxylic acids is 2. The largest absolute Gasteiger partial charge is 0.378 e. The molecule has 0 bridgehead atoms. The van der Waals surface area contributed by atoms with Gasteiger partial charge in [0.2, 0.25) is 5.91 Å². The van der Waals surface area contributed by atoms with Gasteiger partial charge in [-0.2, -0.15) is 0 Å². The fourth-order valence-corrected chi connectivity index (χ4v) is 4.31. The highest BCUT2D eigenvalue weighted by Crippen LogP contribution is 2.20. The number of likely N-dealkylation sites (tertiary alicyclic amines) is 2. The summed E-state index contributed by atoms with van der Waals surface area (Å²) < 4.78 is 0. The van der Waals surface area contributed by atoms with Gasteiger partial charge in [-0.25, -0.2) is 0 Å². The molecular weight excluding hydrogens is 364 g/mol. The zero-order chi connectivity index (χ0) is 20.6. The van der Waals surface area contributed by atoms with Crippen molar-refractivity contribution in [1.29, 1.82) is 0 Å². The molecule has 1 unspecified atom stereocenters. The number of amides is 2. The lowest BCUT2D eigenvalue weighted by atomic mass is 9.97. The minimum absolute atomic E-state index is 0.0934. The van der Waals surface area contributed by atoms with Gasteiger partial charge in [0.25, 0.3) is 5.91 Å². The summed E-state index contributed by atoms with van der Waals surface area (Å²) in [6, 6.07) is 7.78. The Morgan fingerprint density at radius 1 is 1.00 bits per heavy atom. The molecule has 3 rings (SSSR count). The highest BCUT2D eigenvalue weighted by Gasteiger charge is 2.25. The number of nitrogens with one attached hydrogen (secondary N) is 1. The van der Waals surface area contributed by atoms with E-state index in [-0.39, 0.29) is 11.8 Å². The number of nitrogens with zero attached hydrogens (tertiary/aromatic N) is 3. The van der Waals surface area contributed by atoms with E-state index in [9.17, 15) is 9.59 Å². The lowest BCUT2D eigenvalue weighted by Crippen LogP contribution is -2.45. The van der Waals surface area contributed by atoms with Gasteiger partial charge in [0, 0.05) is 45.0 Å². The molecule has 6 heteroatoms. The Bertz CT molecular complexity index is 666. The molecule has 0 saturated carbocycles. The molecule has 0 radical (unpaired) electrons. The Morgan fingerprint density at radius 2 is 1.69 bits per heavy atom. The van der Waals surface area contributed by atoms with E-state index in [4.69, 9.17) is 0 Å². The van der Waals surface area contributed by atoms with Gasteiger partial charge in [0.1, 0.15) is 0 Å². The topological polar surface area (TPSA) is 55.9 Å². The van der Waals surface area contributed by atoms with E-state index < -0.39 is 0 Å². The first-order chi connectivity index (χ1) is 14.0. The van der Waals surface area contributed by atoms with Crippen molar-refractivity contribution in [2.45, 2.75) is 38.5 Å². The molecule has 29 heavy (non-hydrogen) atoms. The molecule has 2 amide bonds. The fraction of sp³-hybridized carbons (Fsp3) is 0.652. The molecule has 2 aliphatic rings. The second-order valence-electron chi connectivity index (χ2n) is 8.70. The first kappa shape index (κ1) is 21.6. The van der Waals surface area contributed by atoms with Gasteiger partial charge in [-0.05, 0) is 69.0 Å². The average molecular weight is 401 g/mol. The molecule has 1 aromatic rings. The number of carbonyl (C=O) groups is 2. The van der Waals surface area contributed by atoms with E-state index in [1.807, 2.05) is 48.2 Å². The van der Waals surface area contributed by atoms with E-state index in [0.717, 1.165) is 50.3 Å². The second kappa shape index (κ2) is 10.6. The third kappa shape index (κ3) is 6.46. The van der Waals surface area contributed by atoms with Crippen molar-refractivity contribution >= 4 is 17.5 Å². The molecule has 2 fully saturated rings. The number of hydrogen-bond acceptors (Lipinski definition) is 4. The van der Waals surface area contributed by atoms with Crippen LogP contribution in [0.2, 0.25) is 0 Å². The second-order valence-corrected chi connectivity index (χ2v) is 8.70. The smallest absolute Gasteiger partial charge is 0.253 e. The van der Waals surface area contributed by atoms with Crippen LogP contribution in [0, 0.1) is 5.92 Å². The molecule has 2 aliphatic heterocycles. The number of rotatable bonds is 6. The summed E-state index contributed by atoms with van der Waals surface area (Å²) in [5.41, 5.74) is 1.83. The van der Waals surface area contributed by atoms with Crippen molar-refractivity contribution in [3.8, 4) is 0 Å². The highest BCUT2D eigenvalue weighted by atomic mass is 16.2. The summed E-state index contributed by atoms with van der Waals surface area (Å²) in [6.45, 7) is 4.76. The Kier molecular flexibility index (Phi) is 7.92. The molecular formula is C23H36N4O2. The monoisotopic (exact) mass is 400 g/mol.